The summed E-state index contributed by atoms with van der Waals surface area (Å²) in [5, 5.41) is 2.20. The third kappa shape index (κ3) is 4.03. The maximum Gasteiger partial charge on any atom is 0.196 e. The molecule has 1 aliphatic carbocycles. The summed E-state index contributed by atoms with van der Waals surface area (Å²) < 4.78 is 2.29. The fourth-order valence-electron chi connectivity index (χ4n) is 7.04. The van der Waals surface area contributed by atoms with Crippen LogP contribution in [0.2, 0.25) is 0 Å². The molecule has 0 bridgehead atoms. The van der Waals surface area contributed by atoms with Crippen molar-refractivity contribution in [2.75, 3.05) is 4.90 Å². The topological polar surface area (TPSA) is 25.2 Å². The van der Waals surface area contributed by atoms with Gasteiger partial charge in [0.25, 0.3) is 0 Å². The van der Waals surface area contributed by atoms with E-state index < -0.39 is 0 Å². The summed E-state index contributed by atoms with van der Waals surface area (Å²) in [6.07, 6.45) is 0. The van der Waals surface area contributed by atoms with Crippen molar-refractivity contribution in [1.29, 1.82) is 0 Å². The van der Waals surface area contributed by atoms with E-state index in [2.05, 4.69) is 143 Å². The first-order chi connectivity index (χ1) is 22.8. The molecule has 0 aliphatic heterocycles. The van der Waals surface area contributed by atoms with E-state index in [0.29, 0.717) is 0 Å². The van der Waals surface area contributed by atoms with Gasteiger partial charge in [0.15, 0.2) is 5.78 Å². The van der Waals surface area contributed by atoms with Crippen LogP contribution in [0, 0.1) is 0 Å². The van der Waals surface area contributed by atoms with E-state index in [1.807, 2.05) is 36.4 Å². The molecule has 0 saturated carbocycles. The highest BCUT2D eigenvalue weighted by Gasteiger charge is 2.31. The van der Waals surface area contributed by atoms with Crippen LogP contribution >= 0.6 is 0 Å². The molecule has 0 spiro atoms. The number of carbonyl (C=O) groups excluding carboxylic acids is 1. The number of aromatic nitrogens is 1. The number of nitrogens with zero attached hydrogens (tertiary/aromatic N) is 2. The second-order valence-electron chi connectivity index (χ2n) is 11.7. The monoisotopic (exact) mass is 588 g/mol. The van der Waals surface area contributed by atoms with Gasteiger partial charge >= 0.3 is 0 Å². The third-order valence-corrected chi connectivity index (χ3v) is 9.12. The van der Waals surface area contributed by atoms with Gasteiger partial charge in [-0.1, -0.05) is 115 Å². The molecule has 0 atom stereocenters. The lowest BCUT2D eigenvalue weighted by Crippen LogP contribution is -2.09. The minimum atomic E-state index is 0.0829. The van der Waals surface area contributed by atoms with E-state index in [4.69, 9.17) is 0 Å². The third-order valence-electron chi connectivity index (χ3n) is 9.12. The predicted molar refractivity (Wildman–Crippen MR) is 190 cm³/mol. The largest absolute Gasteiger partial charge is 0.311 e. The van der Waals surface area contributed by atoms with Crippen molar-refractivity contribution in [2.24, 2.45) is 0 Å². The molecular formula is C43H28N2O. The lowest BCUT2D eigenvalue weighted by atomic mass is 10.0. The number of fused-ring (bicyclic) bond motifs is 7. The SMILES string of the molecule is O=C1c2ccccc2-c2ccc3c4ccc(-c5ccccc5)cc4n(-c4ccc(N(c5ccccc5)c5ccccc5)cc4)c3c21. The van der Waals surface area contributed by atoms with Crippen molar-refractivity contribution in [3.63, 3.8) is 0 Å². The highest BCUT2D eigenvalue weighted by molar-refractivity contribution is 6.29. The van der Waals surface area contributed by atoms with E-state index in [1.54, 1.807) is 0 Å². The number of hydrogen-bond donors (Lipinski definition) is 0. The Labute approximate surface area is 267 Å². The summed E-state index contributed by atoms with van der Waals surface area (Å²) in [5.74, 6) is 0.0829. The van der Waals surface area contributed by atoms with Crippen molar-refractivity contribution >= 4 is 44.7 Å². The van der Waals surface area contributed by atoms with E-state index >= 15 is 0 Å². The molecule has 216 valence electrons. The lowest BCUT2D eigenvalue weighted by molar-refractivity contribution is 0.104. The minimum Gasteiger partial charge on any atom is -0.311 e. The van der Waals surface area contributed by atoms with Gasteiger partial charge in [-0.2, -0.15) is 0 Å². The molecule has 0 amide bonds. The van der Waals surface area contributed by atoms with Crippen LogP contribution in [0.1, 0.15) is 15.9 Å². The van der Waals surface area contributed by atoms with Crippen LogP contribution in [0.5, 0.6) is 0 Å². The molecule has 0 unspecified atom stereocenters. The van der Waals surface area contributed by atoms with Gasteiger partial charge in [-0.25, -0.2) is 0 Å². The lowest BCUT2D eigenvalue weighted by Gasteiger charge is -2.25. The fraction of sp³-hybridized carbons (Fsp3) is 0. The van der Waals surface area contributed by atoms with Crippen molar-refractivity contribution < 1.29 is 4.79 Å². The second-order valence-corrected chi connectivity index (χ2v) is 11.7. The minimum absolute atomic E-state index is 0.0829. The Kier molecular flexibility index (Phi) is 5.97. The van der Waals surface area contributed by atoms with E-state index in [9.17, 15) is 4.79 Å². The molecule has 0 fully saturated rings. The first-order valence-electron chi connectivity index (χ1n) is 15.6. The van der Waals surface area contributed by atoms with Crippen molar-refractivity contribution in [3.8, 4) is 27.9 Å². The molecule has 9 rings (SSSR count). The van der Waals surface area contributed by atoms with Crippen LogP contribution in [0.3, 0.4) is 0 Å². The average Bonchev–Trinajstić information content (AvgIpc) is 3.61. The van der Waals surface area contributed by atoms with Gasteiger partial charge in [0.05, 0.1) is 16.6 Å². The van der Waals surface area contributed by atoms with Crippen LogP contribution in [0.15, 0.2) is 170 Å². The van der Waals surface area contributed by atoms with Crippen molar-refractivity contribution in [2.45, 2.75) is 0 Å². The van der Waals surface area contributed by atoms with Crippen LogP contribution in [-0.4, -0.2) is 10.4 Å². The van der Waals surface area contributed by atoms with Gasteiger partial charge in [0.2, 0.25) is 0 Å². The number of hydrogen-bond acceptors (Lipinski definition) is 2. The molecule has 3 heteroatoms. The maximum absolute atomic E-state index is 14.1. The summed E-state index contributed by atoms with van der Waals surface area (Å²) in [4.78, 5) is 16.4. The zero-order valence-corrected chi connectivity index (χ0v) is 25.0. The maximum atomic E-state index is 14.1. The van der Waals surface area contributed by atoms with E-state index in [-0.39, 0.29) is 5.78 Å². The Morgan fingerprint density at radius 3 is 1.67 bits per heavy atom. The van der Waals surface area contributed by atoms with Crippen LogP contribution in [-0.2, 0) is 0 Å². The average molecular weight is 589 g/mol. The fourth-order valence-corrected chi connectivity index (χ4v) is 7.04. The highest BCUT2D eigenvalue weighted by Crippen LogP contribution is 2.45. The second kappa shape index (κ2) is 10.5. The number of para-hydroxylation sites is 2. The molecular weight excluding hydrogens is 560 g/mol. The van der Waals surface area contributed by atoms with Gasteiger partial charge in [-0.05, 0) is 76.9 Å². The number of carbonyl (C=O) groups is 1. The zero-order valence-electron chi connectivity index (χ0n) is 25.0. The van der Waals surface area contributed by atoms with Crippen molar-refractivity contribution in [1.82, 2.24) is 4.57 Å². The molecule has 0 radical (unpaired) electrons. The molecule has 7 aromatic carbocycles. The molecule has 8 aromatic rings. The highest BCUT2D eigenvalue weighted by atomic mass is 16.1. The Morgan fingerprint density at radius 2 is 1.00 bits per heavy atom. The molecule has 0 N–H and O–H groups in total. The zero-order chi connectivity index (χ0) is 30.6. The number of anilines is 3. The predicted octanol–water partition coefficient (Wildman–Crippen LogP) is 11.1. The van der Waals surface area contributed by atoms with Crippen LogP contribution in [0.25, 0.3) is 49.7 Å². The summed E-state index contributed by atoms with van der Waals surface area (Å²) in [6.45, 7) is 0. The Hall–Kier alpha value is -6.19. The first-order valence-corrected chi connectivity index (χ1v) is 15.6. The number of benzene rings is 7. The Morgan fingerprint density at radius 1 is 0.435 bits per heavy atom. The Bertz CT molecular complexity index is 2370. The standard InChI is InChI=1S/C43H28N2O/c46-43-39-19-11-10-18-35(39)37-26-27-38-36-25-20-30(29-12-4-1-5-13-29)28-40(36)45(42(38)41(37)43)34-23-21-33(22-24-34)44(31-14-6-2-7-15-31)32-16-8-3-9-17-32/h1-28H. The summed E-state index contributed by atoms with van der Waals surface area (Å²) in [7, 11) is 0. The summed E-state index contributed by atoms with van der Waals surface area (Å²) in [5.41, 5.74) is 12.1. The van der Waals surface area contributed by atoms with E-state index in [1.165, 1.54) is 0 Å². The molecule has 3 nitrogen and oxygen atoms in total. The normalized spacial score (nSPS) is 12.0. The van der Waals surface area contributed by atoms with Gasteiger partial charge in [-0.3, -0.25) is 4.79 Å². The van der Waals surface area contributed by atoms with Crippen LogP contribution < -0.4 is 4.90 Å². The molecule has 0 saturated heterocycles. The smallest absolute Gasteiger partial charge is 0.196 e. The van der Waals surface area contributed by atoms with Gasteiger partial charge < -0.3 is 9.47 Å². The van der Waals surface area contributed by atoms with Crippen LogP contribution in [0.4, 0.5) is 17.1 Å². The van der Waals surface area contributed by atoms with E-state index in [0.717, 1.165) is 77.9 Å². The summed E-state index contributed by atoms with van der Waals surface area (Å²) in [6, 6.07) is 59.0. The molecule has 1 heterocycles. The molecule has 1 aromatic heterocycles. The van der Waals surface area contributed by atoms with Gasteiger partial charge in [0, 0.05) is 39.1 Å². The van der Waals surface area contributed by atoms with Gasteiger partial charge in [0.1, 0.15) is 0 Å². The number of ketones is 1. The Balaban J connectivity index is 1.29. The summed E-state index contributed by atoms with van der Waals surface area (Å²) >= 11 is 0. The van der Waals surface area contributed by atoms with Crippen molar-refractivity contribution in [3.05, 3.63) is 181 Å². The quantitative estimate of drug-likeness (QED) is 0.200. The molecule has 46 heavy (non-hydrogen) atoms. The van der Waals surface area contributed by atoms with Gasteiger partial charge in [-0.15, -0.1) is 0 Å². The molecule has 1 aliphatic rings. The number of rotatable bonds is 5. The first kappa shape index (κ1) is 26.2.